The maximum atomic E-state index is 13.9. The zero-order valence-corrected chi connectivity index (χ0v) is 31.6. The Kier molecular flexibility index (Phi) is 10.6. The van der Waals surface area contributed by atoms with Crippen LogP contribution in [-0.4, -0.2) is 35.3 Å². The number of hydrogen-bond donors (Lipinski definition) is 0. The summed E-state index contributed by atoms with van der Waals surface area (Å²) in [6, 6.07) is 37.6. The summed E-state index contributed by atoms with van der Waals surface area (Å²) in [4.78, 5) is 83.3. The van der Waals surface area contributed by atoms with Crippen molar-refractivity contribution in [2.24, 2.45) is 0 Å². The van der Waals surface area contributed by atoms with Crippen molar-refractivity contribution in [2.45, 2.75) is 39.9 Å². The summed E-state index contributed by atoms with van der Waals surface area (Å²) in [6.07, 6.45) is -2.54. The minimum absolute atomic E-state index is 0.00234. The second kappa shape index (κ2) is 15.8. The van der Waals surface area contributed by atoms with Gasteiger partial charge in [0, 0.05) is 22.3 Å². The van der Waals surface area contributed by atoms with Gasteiger partial charge in [-0.3, -0.25) is 19.2 Å². The van der Waals surface area contributed by atoms with Gasteiger partial charge in [-0.15, -0.1) is 0 Å². The van der Waals surface area contributed by atoms with Crippen molar-refractivity contribution in [2.75, 3.05) is 4.90 Å². The van der Waals surface area contributed by atoms with Crippen LogP contribution in [0, 0.1) is 27.7 Å². The SMILES string of the molecule is Cc1ccc(C(=O)[C@@H](OC(=O)c2ccc3c(c2)C(=O)N(c2cccc(C(=O)O[C@@H](C(=O)c4ccc(C)c(C)c4)c4ccccc4)c2)C3=O)c2ccccc2)cc1C. The van der Waals surface area contributed by atoms with Crippen molar-refractivity contribution in [1.29, 1.82) is 0 Å². The van der Waals surface area contributed by atoms with Crippen LogP contribution in [0.1, 0.15) is 108 Å². The number of carbonyl (C=O) groups excluding carboxylic acids is 6. The first-order valence-electron chi connectivity index (χ1n) is 18.3. The number of esters is 2. The number of amides is 2. The third-order valence-electron chi connectivity index (χ3n) is 10.2. The molecule has 6 aromatic rings. The molecule has 0 saturated heterocycles. The second-order valence-electron chi connectivity index (χ2n) is 14.0. The molecule has 9 heteroatoms. The zero-order valence-electron chi connectivity index (χ0n) is 31.6. The quantitative estimate of drug-likeness (QED) is 0.0728. The van der Waals surface area contributed by atoms with Crippen molar-refractivity contribution < 1.29 is 38.2 Å². The van der Waals surface area contributed by atoms with Crippen molar-refractivity contribution in [3.63, 3.8) is 0 Å². The molecule has 0 spiro atoms. The number of Topliss-reactive ketones (excluding diaryl/α,β-unsaturated/α-hetero) is 2. The van der Waals surface area contributed by atoms with Gasteiger partial charge in [-0.05, 0) is 98.5 Å². The van der Waals surface area contributed by atoms with Gasteiger partial charge in [0.2, 0.25) is 11.6 Å². The molecule has 7 rings (SSSR count). The van der Waals surface area contributed by atoms with Crippen LogP contribution in [-0.2, 0) is 9.47 Å². The fraction of sp³-hybridized carbons (Fsp3) is 0.125. The first-order valence-corrected chi connectivity index (χ1v) is 18.3. The molecular weight excluding hydrogens is 719 g/mol. The third-order valence-corrected chi connectivity index (χ3v) is 10.2. The van der Waals surface area contributed by atoms with Gasteiger partial charge in [0.05, 0.1) is 27.9 Å². The lowest BCUT2D eigenvalue weighted by atomic mass is 9.97. The Bertz CT molecular complexity index is 2600. The van der Waals surface area contributed by atoms with Crippen molar-refractivity contribution in [1.82, 2.24) is 0 Å². The van der Waals surface area contributed by atoms with E-state index in [0.717, 1.165) is 27.2 Å². The molecule has 9 nitrogen and oxygen atoms in total. The molecule has 2 amide bonds. The van der Waals surface area contributed by atoms with Crippen LogP contribution in [0.25, 0.3) is 0 Å². The lowest BCUT2D eigenvalue weighted by Gasteiger charge is -2.19. The fourth-order valence-corrected chi connectivity index (χ4v) is 6.62. The molecular formula is C48H37NO8. The molecule has 1 aliphatic heterocycles. The Labute approximate surface area is 329 Å². The van der Waals surface area contributed by atoms with Gasteiger partial charge in [0.25, 0.3) is 11.8 Å². The standard InChI is InChI=1S/C48H37NO8/c1-28-18-20-34(24-30(28)3)41(50)43(32-12-7-5-8-13-32)56-47(54)36-16-11-17-38(26-36)49-45(52)39-23-22-37(27-40(39)46(49)53)48(55)57-44(33-14-9-6-10-15-33)42(51)35-21-19-29(2)31(4)25-35/h5-27,43-44H,1-4H3/t43-,44+/m1/s1. The maximum Gasteiger partial charge on any atom is 0.339 e. The van der Waals surface area contributed by atoms with Crippen LogP contribution in [0.5, 0.6) is 0 Å². The fourth-order valence-electron chi connectivity index (χ4n) is 6.62. The smallest absolute Gasteiger partial charge is 0.339 e. The number of fused-ring (bicyclic) bond motifs is 1. The van der Waals surface area contributed by atoms with E-state index in [2.05, 4.69) is 0 Å². The summed E-state index contributed by atoms with van der Waals surface area (Å²) in [7, 11) is 0. The van der Waals surface area contributed by atoms with Crippen molar-refractivity contribution >= 4 is 41.0 Å². The predicted octanol–water partition coefficient (Wildman–Crippen LogP) is 9.28. The van der Waals surface area contributed by atoms with E-state index < -0.39 is 47.5 Å². The molecule has 0 radical (unpaired) electrons. The summed E-state index contributed by atoms with van der Waals surface area (Å²) in [5.74, 6) is -3.93. The summed E-state index contributed by atoms with van der Waals surface area (Å²) >= 11 is 0. The molecule has 0 saturated carbocycles. The number of ether oxygens (including phenoxy) is 2. The summed E-state index contributed by atoms with van der Waals surface area (Å²) in [6.45, 7) is 7.66. The number of carbonyl (C=O) groups is 6. The normalized spacial score (nSPS) is 13.1. The molecule has 282 valence electrons. The first-order chi connectivity index (χ1) is 27.4. The third kappa shape index (κ3) is 7.68. The summed E-state index contributed by atoms with van der Waals surface area (Å²) in [5.41, 5.74) is 5.58. The molecule has 0 aliphatic carbocycles. The zero-order chi connectivity index (χ0) is 40.4. The Morgan fingerprint density at radius 2 is 0.895 bits per heavy atom. The van der Waals surface area contributed by atoms with E-state index in [1.165, 1.54) is 42.5 Å². The molecule has 0 unspecified atom stereocenters. The number of aryl methyl sites for hydroxylation is 4. The van der Waals surface area contributed by atoms with Crippen LogP contribution in [0.2, 0.25) is 0 Å². The van der Waals surface area contributed by atoms with Gasteiger partial charge in [-0.2, -0.15) is 0 Å². The molecule has 1 heterocycles. The van der Waals surface area contributed by atoms with Crippen LogP contribution in [0.15, 0.2) is 140 Å². The number of imide groups is 1. The molecule has 0 N–H and O–H groups in total. The van der Waals surface area contributed by atoms with E-state index in [9.17, 15) is 28.8 Å². The van der Waals surface area contributed by atoms with E-state index in [1.54, 1.807) is 84.9 Å². The highest BCUT2D eigenvalue weighted by Crippen LogP contribution is 2.32. The average Bonchev–Trinajstić information content (AvgIpc) is 3.48. The van der Waals surface area contributed by atoms with Crippen LogP contribution in [0.4, 0.5) is 5.69 Å². The number of hydrogen-bond acceptors (Lipinski definition) is 8. The van der Waals surface area contributed by atoms with Crippen LogP contribution >= 0.6 is 0 Å². The summed E-state index contributed by atoms with van der Waals surface area (Å²) in [5, 5.41) is 0. The number of ketones is 2. The largest absolute Gasteiger partial charge is 0.445 e. The molecule has 6 aromatic carbocycles. The first kappa shape index (κ1) is 38.0. The van der Waals surface area contributed by atoms with Gasteiger partial charge >= 0.3 is 11.9 Å². The Morgan fingerprint density at radius 3 is 1.39 bits per heavy atom. The van der Waals surface area contributed by atoms with Gasteiger partial charge in [0.15, 0.2) is 12.2 Å². The Hall–Kier alpha value is -7.26. The molecule has 1 aliphatic rings. The van der Waals surface area contributed by atoms with E-state index >= 15 is 0 Å². The number of rotatable bonds is 11. The maximum absolute atomic E-state index is 13.9. The molecule has 0 bridgehead atoms. The van der Waals surface area contributed by atoms with Gasteiger partial charge < -0.3 is 9.47 Å². The second-order valence-corrected chi connectivity index (χ2v) is 14.0. The van der Waals surface area contributed by atoms with Crippen molar-refractivity contribution in [3.8, 4) is 0 Å². The topological polar surface area (TPSA) is 124 Å². The van der Waals surface area contributed by atoms with Gasteiger partial charge in [-0.1, -0.05) is 91.0 Å². The molecule has 0 aromatic heterocycles. The Morgan fingerprint density at radius 1 is 0.439 bits per heavy atom. The summed E-state index contributed by atoms with van der Waals surface area (Å²) < 4.78 is 11.7. The number of nitrogens with zero attached hydrogens (tertiary/aromatic N) is 1. The van der Waals surface area contributed by atoms with E-state index in [0.29, 0.717) is 22.3 Å². The van der Waals surface area contributed by atoms with E-state index in [1.807, 2.05) is 39.8 Å². The lowest BCUT2D eigenvalue weighted by molar-refractivity contribution is 0.0278. The van der Waals surface area contributed by atoms with Gasteiger partial charge in [0.1, 0.15) is 0 Å². The lowest BCUT2D eigenvalue weighted by Crippen LogP contribution is -2.29. The highest BCUT2D eigenvalue weighted by molar-refractivity contribution is 6.34. The molecule has 2 atom stereocenters. The monoisotopic (exact) mass is 755 g/mol. The van der Waals surface area contributed by atoms with E-state index in [-0.39, 0.29) is 27.9 Å². The predicted molar refractivity (Wildman–Crippen MR) is 214 cm³/mol. The Balaban J connectivity index is 1.12. The van der Waals surface area contributed by atoms with Crippen LogP contribution in [0.3, 0.4) is 0 Å². The molecule has 57 heavy (non-hydrogen) atoms. The average molecular weight is 756 g/mol. The highest BCUT2D eigenvalue weighted by atomic mass is 16.6. The van der Waals surface area contributed by atoms with Crippen LogP contribution < -0.4 is 4.90 Å². The van der Waals surface area contributed by atoms with Crippen molar-refractivity contribution in [3.05, 3.63) is 206 Å². The number of benzene rings is 6. The minimum atomic E-state index is -1.27. The minimum Gasteiger partial charge on any atom is -0.445 e. The highest BCUT2D eigenvalue weighted by Gasteiger charge is 2.38. The number of anilines is 1. The van der Waals surface area contributed by atoms with E-state index in [4.69, 9.17) is 9.47 Å². The molecule has 0 fully saturated rings. The van der Waals surface area contributed by atoms with Gasteiger partial charge in [-0.25, -0.2) is 14.5 Å².